The molecule has 3 heterocycles. The molecule has 5 rings (SSSR count). The van der Waals surface area contributed by atoms with Crippen LogP contribution in [-0.2, 0) is 0 Å². The van der Waals surface area contributed by atoms with Gasteiger partial charge in [-0.15, -0.1) is 0 Å². The summed E-state index contributed by atoms with van der Waals surface area (Å²) in [5, 5.41) is 9.38. The number of hydrogen-bond acceptors (Lipinski definition) is 4. The number of para-hydroxylation sites is 2. The van der Waals surface area contributed by atoms with Gasteiger partial charge in [-0.2, -0.15) is 0 Å². The van der Waals surface area contributed by atoms with Crippen LogP contribution < -0.4 is 10.1 Å². The highest BCUT2D eigenvalue weighted by Crippen LogP contribution is 2.25. The number of fused-ring (bicyclic) bond motifs is 3. The largest absolute Gasteiger partial charge is 0.478 e. The van der Waals surface area contributed by atoms with Gasteiger partial charge in [-0.3, -0.25) is 4.79 Å². The van der Waals surface area contributed by atoms with Crippen molar-refractivity contribution in [3.05, 3.63) is 91.5 Å². The highest BCUT2D eigenvalue weighted by Gasteiger charge is 2.15. The minimum atomic E-state index is -0.958. The topological polar surface area (TPSA) is 76.6 Å². The molecule has 1 N–H and O–H groups in total. The summed E-state index contributed by atoms with van der Waals surface area (Å²) in [5.41, 5.74) is 6.41. The van der Waals surface area contributed by atoms with Gasteiger partial charge in [0.15, 0.2) is 4.96 Å². The van der Waals surface area contributed by atoms with Gasteiger partial charge in [0.2, 0.25) is 0 Å². The maximum Gasteiger partial charge on any atom is 0.335 e. The monoisotopic (exact) mass is 429 g/mol. The van der Waals surface area contributed by atoms with Gasteiger partial charge >= 0.3 is 5.97 Å². The fourth-order valence-electron chi connectivity index (χ4n) is 4.04. The van der Waals surface area contributed by atoms with Gasteiger partial charge in [0.05, 0.1) is 21.1 Å². The van der Waals surface area contributed by atoms with Gasteiger partial charge in [-0.05, 0) is 68.3 Å². The van der Waals surface area contributed by atoms with Crippen molar-refractivity contribution in [2.75, 3.05) is 0 Å². The Hall–Kier alpha value is -3.71. The number of carboxylic acid groups (broad SMARTS) is 1. The zero-order chi connectivity index (χ0) is 21.9. The second-order valence-corrected chi connectivity index (χ2v) is 8.61. The number of carboxylic acids is 1. The second-order valence-electron chi connectivity index (χ2n) is 7.60. The Kier molecular flexibility index (Phi) is 4.30. The predicted octanol–water partition coefficient (Wildman–Crippen LogP) is 3.87. The van der Waals surface area contributed by atoms with Gasteiger partial charge in [-0.1, -0.05) is 29.5 Å². The fourth-order valence-corrected chi connectivity index (χ4v) is 5.02. The number of aryl methyl sites for hydroxylation is 2. The molecule has 0 amide bonds. The van der Waals surface area contributed by atoms with Crippen molar-refractivity contribution in [1.29, 1.82) is 0 Å². The Bertz CT molecular complexity index is 1620. The third kappa shape index (κ3) is 2.97. The van der Waals surface area contributed by atoms with Crippen molar-refractivity contribution >= 4 is 39.4 Å². The maximum atomic E-state index is 13.1. The number of rotatable bonds is 3. The first-order valence-electron chi connectivity index (χ1n) is 9.80. The number of aromatic nitrogens is 3. The van der Waals surface area contributed by atoms with Crippen LogP contribution in [0.5, 0.6) is 0 Å². The summed E-state index contributed by atoms with van der Waals surface area (Å²) in [6.45, 7) is 5.91. The van der Waals surface area contributed by atoms with E-state index in [1.807, 2.05) is 67.8 Å². The highest BCUT2D eigenvalue weighted by atomic mass is 32.1. The van der Waals surface area contributed by atoms with Gasteiger partial charge in [0.25, 0.3) is 5.56 Å². The number of hydrogen-bond donors (Lipinski definition) is 1. The van der Waals surface area contributed by atoms with Crippen LogP contribution in [0.15, 0.2) is 53.3 Å². The van der Waals surface area contributed by atoms with Crippen LogP contribution in [0.1, 0.15) is 32.9 Å². The Morgan fingerprint density at radius 2 is 1.87 bits per heavy atom. The molecular formula is C24H19N3O3S. The maximum absolute atomic E-state index is 13.1. The Morgan fingerprint density at radius 3 is 2.65 bits per heavy atom. The molecule has 3 aromatic heterocycles. The molecule has 0 saturated carbocycles. The van der Waals surface area contributed by atoms with E-state index in [1.165, 1.54) is 11.3 Å². The van der Waals surface area contributed by atoms with Gasteiger partial charge in [0.1, 0.15) is 0 Å². The highest BCUT2D eigenvalue weighted by molar-refractivity contribution is 7.15. The Balaban J connectivity index is 1.70. The molecule has 154 valence electrons. The standard InChI is InChI=1S/C24H19N3O3S/c1-13-8-9-16(23(29)30)11-20(13)26-14(2)10-17(15(26)3)12-21-22(28)27-19-7-5-4-6-18(19)25-24(27)31-21/h4-12H,1-3H3,(H,29,30)/b21-12-. The number of thiazole rings is 1. The van der Waals surface area contributed by atoms with Crippen LogP contribution in [0.3, 0.4) is 0 Å². The third-order valence-electron chi connectivity index (χ3n) is 5.60. The molecule has 0 unspecified atom stereocenters. The average Bonchev–Trinajstić information content (AvgIpc) is 3.34. The molecule has 0 aliphatic carbocycles. The van der Waals surface area contributed by atoms with Gasteiger partial charge in [0, 0.05) is 17.1 Å². The first-order valence-corrected chi connectivity index (χ1v) is 10.6. The first-order chi connectivity index (χ1) is 14.8. The summed E-state index contributed by atoms with van der Waals surface area (Å²) in [5.74, 6) is -0.958. The lowest BCUT2D eigenvalue weighted by atomic mass is 10.1. The molecule has 31 heavy (non-hydrogen) atoms. The van der Waals surface area contributed by atoms with Crippen LogP contribution in [0, 0.1) is 20.8 Å². The second kappa shape index (κ2) is 6.92. The smallest absolute Gasteiger partial charge is 0.335 e. The van der Waals surface area contributed by atoms with Crippen LogP contribution in [-0.4, -0.2) is 25.0 Å². The lowest BCUT2D eigenvalue weighted by Gasteiger charge is -2.13. The van der Waals surface area contributed by atoms with Crippen molar-refractivity contribution in [1.82, 2.24) is 14.0 Å². The quantitative estimate of drug-likeness (QED) is 0.472. The molecule has 5 aromatic rings. The molecule has 0 aliphatic heterocycles. The van der Waals surface area contributed by atoms with Crippen molar-refractivity contribution in [3.63, 3.8) is 0 Å². The van der Waals surface area contributed by atoms with E-state index in [9.17, 15) is 14.7 Å². The lowest BCUT2D eigenvalue weighted by Crippen LogP contribution is -2.22. The molecule has 7 heteroatoms. The number of aromatic carboxylic acids is 1. The van der Waals surface area contributed by atoms with E-state index in [2.05, 4.69) is 4.98 Å². The van der Waals surface area contributed by atoms with E-state index in [0.29, 0.717) is 9.49 Å². The van der Waals surface area contributed by atoms with Crippen LogP contribution in [0.2, 0.25) is 0 Å². The van der Waals surface area contributed by atoms with Crippen molar-refractivity contribution in [2.45, 2.75) is 20.8 Å². The van der Waals surface area contributed by atoms with Crippen molar-refractivity contribution < 1.29 is 9.90 Å². The molecule has 2 aromatic carbocycles. The van der Waals surface area contributed by atoms with Gasteiger partial charge in [-0.25, -0.2) is 14.2 Å². The number of nitrogens with zero attached hydrogens (tertiary/aromatic N) is 3. The number of imidazole rings is 1. The zero-order valence-corrected chi connectivity index (χ0v) is 18.0. The predicted molar refractivity (Wildman–Crippen MR) is 123 cm³/mol. The lowest BCUT2D eigenvalue weighted by molar-refractivity contribution is 0.0697. The van der Waals surface area contributed by atoms with E-state index in [4.69, 9.17) is 0 Å². The molecule has 0 radical (unpaired) electrons. The third-order valence-corrected chi connectivity index (χ3v) is 6.57. The summed E-state index contributed by atoms with van der Waals surface area (Å²) in [7, 11) is 0. The van der Waals surface area contributed by atoms with E-state index < -0.39 is 5.97 Å². The van der Waals surface area contributed by atoms with Crippen molar-refractivity contribution in [2.24, 2.45) is 0 Å². The van der Waals surface area contributed by atoms with E-state index >= 15 is 0 Å². The Morgan fingerprint density at radius 1 is 1.10 bits per heavy atom. The fraction of sp³-hybridized carbons (Fsp3) is 0.125. The van der Waals surface area contributed by atoms with Crippen LogP contribution >= 0.6 is 11.3 Å². The molecule has 0 bridgehead atoms. The number of benzene rings is 2. The molecule has 0 aliphatic rings. The summed E-state index contributed by atoms with van der Waals surface area (Å²) in [6.07, 6.45) is 1.89. The van der Waals surface area contributed by atoms with Crippen LogP contribution in [0.25, 0.3) is 27.8 Å². The first kappa shape index (κ1) is 19.3. The minimum absolute atomic E-state index is 0.0810. The summed E-state index contributed by atoms with van der Waals surface area (Å²) >= 11 is 1.37. The average molecular weight is 430 g/mol. The SMILES string of the molecule is Cc1ccc(C(=O)O)cc1-n1c(C)cc(/C=c2\sc3nc4ccccc4n3c2=O)c1C. The Labute approximate surface area is 181 Å². The normalized spacial score (nSPS) is 12.3. The summed E-state index contributed by atoms with van der Waals surface area (Å²) in [4.78, 5) is 29.8. The van der Waals surface area contributed by atoms with E-state index in [-0.39, 0.29) is 11.1 Å². The molecule has 6 nitrogen and oxygen atoms in total. The molecule has 0 atom stereocenters. The summed E-state index contributed by atoms with van der Waals surface area (Å²) in [6, 6.07) is 14.7. The van der Waals surface area contributed by atoms with Crippen LogP contribution in [0.4, 0.5) is 0 Å². The van der Waals surface area contributed by atoms with E-state index in [0.717, 1.165) is 39.2 Å². The molecule has 0 spiro atoms. The number of carbonyl (C=O) groups is 1. The molecule has 0 fully saturated rings. The molecular weight excluding hydrogens is 410 g/mol. The zero-order valence-electron chi connectivity index (χ0n) is 17.2. The minimum Gasteiger partial charge on any atom is -0.478 e. The van der Waals surface area contributed by atoms with Crippen molar-refractivity contribution in [3.8, 4) is 5.69 Å². The summed E-state index contributed by atoms with van der Waals surface area (Å²) < 4.78 is 4.31. The molecule has 0 saturated heterocycles. The van der Waals surface area contributed by atoms with Gasteiger partial charge < -0.3 is 9.67 Å². The van der Waals surface area contributed by atoms with E-state index in [1.54, 1.807) is 16.5 Å².